The lowest BCUT2D eigenvalue weighted by Crippen LogP contribution is -2.31. The SMILES string of the molecule is Cc1ccc(C(=O)NCCN(C)C)cc1Nc1nccc(Oc2ccc(N)c3ccccc23)n1. The fourth-order valence-corrected chi connectivity index (χ4v) is 3.47. The van der Waals surface area contributed by atoms with Gasteiger partial charge in [0.05, 0.1) is 0 Å². The molecule has 1 aromatic heterocycles. The largest absolute Gasteiger partial charge is 0.438 e. The van der Waals surface area contributed by atoms with Crippen molar-refractivity contribution >= 4 is 34.0 Å². The van der Waals surface area contributed by atoms with Crippen LogP contribution < -0.4 is 21.1 Å². The van der Waals surface area contributed by atoms with Crippen molar-refractivity contribution in [2.45, 2.75) is 6.92 Å². The summed E-state index contributed by atoms with van der Waals surface area (Å²) in [6.07, 6.45) is 1.62. The van der Waals surface area contributed by atoms with Crippen molar-refractivity contribution in [3.05, 3.63) is 78.0 Å². The van der Waals surface area contributed by atoms with E-state index < -0.39 is 0 Å². The summed E-state index contributed by atoms with van der Waals surface area (Å²) >= 11 is 0. The van der Waals surface area contributed by atoms with Crippen LogP contribution in [0.3, 0.4) is 0 Å². The van der Waals surface area contributed by atoms with Crippen molar-refractivity contribution in [3.8, 4) is 11.6 Å². The number of rotatable bonds is 8. The molecule has 0 spiro atoms. The molecule has 3 aromatic carbocycles. The van der Waals surface area contributed by atoms with Crippen LogP contribution in [-0.4, -0.2) is 48.0 Å². The van der Waals surface area contributed by atoms with E-state index in [2.05, 4.69) is 20.6 Å². The van der Waals surface area contributed by atoms with E-state index in [4.69, 9.17) is 10.5 Å². The molecule has 0 unspecified atom stereocenters. The third-order valence-corrected chi connectivity index (χ3v) is 5.35. The minimum absolute atomic E-state index is 0.127. The number of anilines is 3. The van der Waals surface area contributed by atoms with Crippen molar-refractivity contribution in [1.82, 2.24) is 20.2 Å². The van der Waals surface area contributed by atoms with Crippen molar-refractivity contribution in [2.24, 2.45) is 0 Å². The molecule has 8 heteroatoms. The molecule has 1 heterocycles. The summed E-state index contributed by atoms with van der Waals surface area (Å²) in [5.74, 6) is 1.29. The lowest BCUT2D eigenvalue weighted by Gasteiger charge is -2.13. The number of nitrogens with two attached hydrogens (primary N) is 1. The second kappa shape index (κ2) is 10.2. The standard InChI is InChI=1S/C26H28N6O2/c1-17-8-9-18(25(33)28-14-15-32(2)3)16-22(17)30-26-29-13-12-24(31-26)34-23-11-10-21(27)19-6-4-5-7-20(19)23/h4-13,16H,14-15,27H2,1-3H3,(H,28,33)(H,29,30,31). The van der Waals surface area contributed by atoms with E-state index in [1.54, 1.807) is 24.4 Å². The molecule has 0 saturated carbocycles. The fourth-order valence-electron chi connectivity index (χ4n) is 3.47. The molecule has 0 fully saturated rings. The molecule has 0 saturated heterocycles. The Bertz CT molecular complexity index is 1320. The number of carbonyl (C=O) groups is 1. The Labute approximate surface area is 198 Å². The van der Waals surface area contributed by atoms with E-state index in [1.165, 1.54) is 0 Å². The molecule has 174 valence electrons. The summed E-state index contributed by atoms with van der Waals surface area (Å²) in [6, 6.07) is 18.6. The summed E-state index contributed by atoms with van der Waals surface area (Å²) in [7, 11) is 3.93. The highest BCUT2D eigenvalue weighted by molar-refractivity contribution is 5.97. The highest BCUT2D eigenvalue weighted by Crippen LogP contribution is 2.32. The molecule has 0 aliphatic rings. The van der Waals surface area contributed by atoms with Crippen LogP contribution in [0, 0.1) is 6.92 Å². The van der Waals surface area contributed by atoms with E-state index in [0.717, 1.165) is 28.6 Å². The summed E-state index contributed by atoms with van der Waals surface area (Å²) in [6.45, 7) is 3.30. The number of hydrogen-bond acceptors (Lipinski definition) is 7. The minimum atomic E-state index is -0.127. The summed E-state index contributed by atoms with van der Waals surface area (Å²) in [4.78, 5) is 23.3. The molecule has 34 heavy (non-hydrogen) atoms. The number of ether oxygens (including phenoxy) is 1. The van der Waals surface area contributed by atoms with Gasteiger partial charge in [0, 0.05) is 53.1 Å². The van der Waals surface area contributed by atoms with Gasteiger partial charge in [-0.15, -0.1) is 0 Å². The number of carbonyl (C=O) groups excluding carboxylic acids is 1. The average Bonchev–Trinajstić information content (AvgIpc) is 2.82. The Morgan fingerprint density at radius 2 is 1.85 bits per heavy atom. The van der Waals surface area contributed by atoms with Gasteiger partial charge in [0.1, 0.15) is 5.75 Å². The van der Waals surface area contributed by atoms with Crippen molar-refractivity contribution in [1.29, 1.82) is 0 Å². The molecule has 0 radical (unpaired) electrons. The van der Waals surface area contributed by atoms with Gasteiger partial charge >= 0.3 is 0 Å². The lowest BCUT2D eigenvalue weighted by atomic mass is 10.1. The van der Waals surface area contributed by atoms with Crippen LogP contribution in [0.25, 0.3) is 10.8 Å². The monoisotopic (exact) mass is 456 g/mol. The Morgan fingerprint density at radius 3 is 2.65 bits per heavy atom. The summed E-state index contributed by atoms with van der Waals surface area (Å²) in [5.41, 5.74) is 9.05. The van der Waals surface area contributed by atoms with Gasteiger partial charge in [-0.1, -0.05) is 30.3 Å². The van der Waals surface area contributed by atoms with Crippen LogP contribution in [0.4, 0.5) is 17.3 Å². The molecule has 0 aliphatic carbocycles. The maximum Gasteiger partial charge on any atom is 0.251 e. The predicted octanol–water partition coefficient (Wildman–Crippen LogP) is 4.35. The Balaban J connectivity index is 1.52. The van der Waals surface area contributed by atoms with Crippen LogP contribution in [0.1, 0.15) is 15.9 Å². The first-order valence-corrected chi connectivity index (χ1v) is 11.0. The summed E-state index contributed by atoms with van der Waals surface area (Å²) < 4.78 is 6.07. The van der Waals surface area contributed by atoms with Crippen molar-refractivity contribution < 1.29 is 9.53 Å². The third-order valence-electron chi connectivity index (χ3n) is 5.35. The zero-order valence-electron chi connectivity index (χ0n) is 19.5. The molecular weight excluding hydrogens is 428 g/mol. The average molecular weight is 457 g/mol. The van der Waals surface area contributed by atoms with Gasteiger partial charge in [-0.3, -0.25) is 4.79 Å². The van der Waals surface area contributed by atoms with E-state index in [-0.39, 0.29) is 5.91 Å². The number of nitrogens with zero attached hydrogens (tertiary/aromatic N) is 3. The molecule has 4 N–H and O–H groups in total. The van der Waals surface area contributed by atoms with Gasteiger partial charge in [0.15, 0.2) is 0 Å². The van der Waals surface area contributed by atoms with E-state index >= 15 is 0 Å². The maximum atomic E-state index is 12.5. The number of aryl methyl sites for hydroxylation is 1. The van der Waals surface area contributed by atoms with Gasteiger partial charge in [-0.05, 0) is 50.8 Å². The lowest BCUT2D eigenvalue weighted by molar-refractivity contribution is 0.0951. The molecule has 0 atom stereocenters. The first-order chi connectivity index (χ1) is 16.4. The van der Waals surface area contributed by atoms with Gasteiger partial charge in [0.2, 0.25) is 11.8 Å². The highest BCUT2D eigenvalue weighted by Gasteiger charge is 2.11. The number of amides is 1. The Hall–Kier alpha value is -4.17. The van der Waals surface area contributed by atoms with Crippen LogP contribution in [0.5, 0.6) is 11.6 Å². The van der Waals surface area contributed by atoms with Gasteiger partial charge in [-0.25, -0.2) is 4.98 Å². The quantitative estimate of drug-likeness (QED) is 0.339. The topological polar surface area (TPSA) is 105 Å². The van der Waals surface area contributed by atoms with Crippen LogP contribution in [0.2, 0.25) is 0 Å². The van der Waals surface area contributed by atoms with E-state index in [0.29, 0.717) is 35.4 Å². The van der Waals surface area contributed by atoms with Gasteiger partial charge in [-0.2, -0.15) is 4.98 Å². The zero-order valence-corrected chi connectivity index (χ0v) is 19.5. The number of nitrogens with one attached hydrogen (secondary N) is 2. The fraction of sp³-hybridized carbons (Fsp3) is 0.192. The first kappa shape index (κ1) is 23.0. The Kier molecular flexibility index (Phi) is 6.89. The number of hydrogen-bond donors (Lipinski definition) is 3. The van der Waals surface area contributed by atoms with E-state index in [1.807, 2.05) is 68.4 Å². The molecule has 0 bridgehead atoms. The second-order valence-corrected chi connectivity index (χ2v) is 8.23. The molecule has 1 amide bonds. The molecular formula is C26H28N6O2. The van der Waals surface area contributed by atoms with Crippen molar-refractivity contribution in [2.75, 3.05) is 38.2 Å². The number of benzene rings is 3. The second-order valence-electron chi connectivity index (χ2n) is 8.23. The van der Waals surface area contributed by atoms with E-state index in [9.17, 15) is 4.79 Å². The Morgan fingerprint density at radius 1 is 1.06 bits per heavy atom. The van der Waals surface area contributed by atoms with Gasteiger partial charge in [0.25, 0.3) is 5.91 Å². The zero-order chi connectivity index (χ0) is 24.1. The van der Waals surface area contributed by atoms with Crippen molar-refractivity contribution in [3.63, 3.8) is 0 Å². The third kappa shape index (κ3) is 5.41. The normalized spacial score (nSPS) is 10.9. The predicted molar refractivity (Wildman–Crippen MR) is 136 cm³/mol. The minimum Gasteiger partial charge on any atom is -0.438 e. The smallest absolute Gasteiger partial charge is 0.251 e. The molecule has 0 aliphatic heterocycles. The first-order valence-electron chi connectivity index (χ1n) is 11.0. The number of nitrogen functional groups attached to an aromatic ring is 1. The highest BCUT2D eigenvalue weighted by atomic mass is 16.5. The summed E-state index contributed by atoms with van der Waals surface area (Å²) in [5, 5.41) is 7.95. The van der Waals surface area contributed by atoms with Gasteiger partial charge < -0.3 is 26.0 Å². The molecule has 4 rings (SSSR count). The van der Waals surface area contributed by atoms with Crippen LogP contribution in [0.15, 0.2) is 66.9 Å². The number of aromatic nitrogens is 2. The van der Waals surface area contributed by atoms with Crippen LogP contribution in [-0.2, 0) is 0 Å². The van der Waals surface area contributed by atoms with Crippen LogP contribution >= 0.6 is 0 Å². The number of likely N-dealkylation sites (N-methyl/N-ethyl adjacent to an activating group) is 1. The number of fused-ring (bicyclic) bond motifs is 1. The molecule has 8 nitrogen and oxygen atoms in total. The molecule has 4 aromatic rings. The maximum absolute atomic E-state index is 12.5.